The molecule has 0 bridgehead atoms. The Kier molecular flexibility index (Phi) is 19.3. The Bertz CT molecular complexity index is 2070. The highest BCUT2D eigenvalue weighted by molar-refractivity contribution is 5.15. The summed E-state index contributed by atoms with van der Waals surface area (Å²) in [4.78, 5) is 0. The van der Waals surface area contributed by atoms with Crippen molar-refractivity contribution in [2.45, 2.75) is 264 Å². The molecule has 35 atom stereocenters. The average molecular weight is 1170 g/mol. The van der Waals surface area contributed by atoms with Crippen molar-refractivity contribution in [3.8, 4) is 0 Å². The zero-order valence-electron chi connectivity index (χ0n) is 47.0. The van der Waals surface area contributed by atoms with Crippen LogP contribution in [-0.4, -0.2) is 270 Å². The van der Waals surface area contributed by atoms with Crippen LogP contribution in [0.2, 0.25) is 0 Å². The summed E-state index contributed by atoms with van der Waals surface area (Å²) in [6.07, 6.45) is -26.6. The number of fused-ring (bicyclic) bond motifs is 7. The van der Waals surface area contributed by atoms with Crippen LogP contribution in [-0.2, 0) is 56.8 Å². The zero-order valence-corrected chi connectivity index (χ0v) is 47.0. The molecule has 14 N–H and O–H groups in total. The molecule has 0 amide bonds. The van der Waals surface area contributed by atoms with Crippen LogP contribution in [0.3, 0.4) is 0 Å². The van der Waals surface area contributed by atoms with Crippen LogP contribution in [0.4, 0.5) is 0 Å². The molecule has 0 aromatic rings. The highest BCUT2D eigenvalue weighted by atomic mass is 16.8. The normalized spacial score (nSPS) is 56.1. The van der Waals surface area contributed by atoms with Crippen molar-refractivity contribution in [2.24, 2.45) is 46.3 Å². The molecule has 10 fully saturated rings. The first-order valence-electron chi connectivity index (χ1n) is 29.5. The monoisotopic (exact) mass is 1170 g/mol. The second-order valence-corrected chi connectivity index (χ2v) is 25.9. The molecule has 4 saturated carbocycles. The van der Waals surface area contributed by atoms with Crippen LogP contribution < -0.4 is 0 Å². The van der Waals surface area contributed by atoms with Crippen LogP contribution in [0.1, 0.15) is 98.8 Å². The van der Waals surface area contributed by atoms with Crippen LogP contribution in [0.15, 0.2) is 0 Å². The topological polar surface area (TPSA) is 394 Å². The third-order valence-corrected chi connectivity index (χ3v) is 21.4. The second kappa shape index (κ2) is 24.9. The van der Waals surface area contributed by atoms with Crippen molar-refractivity contribution in [3.63, 3.8) is 0 Å². The SMILES string of the molecule is CO[C@@]1(CC[C@H](C)O[C@H]2O[C@@H](CO)[C@H](O)[C@@H](O)[C@@H]2O)O[C@H]2C[C@H]3[C@H]4CC[C@H]5C[C@H](O[C@H]6O[C@H](CO[C@@H]7O[C@@H](C)[C@H](O[C@H]8OC[C@H](O)[C@H](O)[C@@H]8O[C@H]8OC[C@@H](O)[C@@H](O)[C@H]8O)[C@@H](O)[C@@H]7O)[C@@H](O)[C@@H](O)[C@@H]6O)CC[C@]5(C)[C@H]4CC[C@@]3(C)[C@@H]2[C@@H]1C. The first kappa shape index (κ1) is 63.0. The van der Waals surface area contributed by atoms with E-state index in [1.165, 1.54) is 6.92 Å². The van der Waals surface area contributed by atoms with Gasteiger partial charge >= 0.3 is 0 Å². The Labute approximate surface area is 471 Å². The predicted molar refractivity (Wildman–Crippen MR) is 271 cm³/mol. The third kappa shape index (κ3) is 11.6. The summed E-state index contributed by atoms with van der Waals surface area (Å²) in [5, 5.41) is 148. The van der Waals surface area contributed by atoms with E-state index in [0.29, 0.717) is 42.9 Å². The van der Waals surface area contributed by atoms with Crippen molar-refractivity contribution in [3.05, 3.63) is 0 Å². The number of aliphatic hydroxyl groups is 14. The molecule has 0 spiro atoms. The molecular formula is C55H92O26. The standard InChI is InChI=1S/C55H92O26/c1-21(74-50-43(67)39(63)37(61)32(17-56)77-50)9-14-55(70-6)22(2)34-31(81-55)16-28-26-8-7-24-15-25(10-12-53(24,4)27(26)11-13-54(28,34)5)76-51-44(68)40(64)38(62)33(78-51)20-73-48-45(69)41(65)46(23(3)75-48)79-52-47(36(60)30(58)19-72-52)80-49-42(66)35(59)29(57)18-71-49/h21-52,56-69H,7-20H2,1-6H3/t21-,22-,23-,24-,25+,26-,27-,28-,29+,30-,31-,32-,33+,34+,35+,36-,37-,38+,39+,40+,41-,42+,43-,44-,45-,46-,47-,48+,49+,50-,51-,52+,53-,54+,55-/m0/s1. The van der Waals surface area contributed by atoms with Gasteiger partial charge in [-0.25, -0.2) is 0 Å². The average Bonchev–Trinajstić information content (AvgIpc) is 2.51. The number of methoxy groups -OCH3 is 1. The Balaban J connectivity index is 0.708. The van der Waals surface area contributed by atoms with Crippen LogP contribution in [0.5, 0.6) is 0 Å². The predicted octanol–water partition coefficient (Wildman–Crippen LogP) is -3.42. The minimum absolute atomic E-state index is 0.0129. The Morgan fingerprint density at radius 1 is 0.568 bits per heavy atom. The lowest BCUT2D eigenvalue weighted by Crippen LogP contribution is -2.64. The van der Waals surface area contributed by atoms with Crippen molar-refractivity contribution >= 4 is 0 Å². The van der Waals surface area contributed by atoms with Gasteiger partial charge in [0.1, 0.15) is 104 Å². The second-order valence-electron chi connectivity index (χ2n) is 25.9. The van der Waals surface area contributed by atoms with Gasteiger partial charge in [0.2, 0.25) is 0 Å². The van der Waals surface area contributed by atoms with Gasteiger partial charge in [0.25, 0.3) is 0 Å². The third-order valence-electron chi connectivity index (χ3n) is 21.4. The molecule has 10 rings (SSSR count). The van der Waals surface area contributed by atoms with Gasteiger partial charge < -0.3 is 128 Å². The molecular weight excluding hydrogens is 1080 g/mol. The van der Waals surface area contributed by atoms with Crippen molar-refractivity contribution < 1.29 is 128 Å². The molecule has 4 aliphatic carbocycles. The zero-order chi connectivity index (χ0) is 58.4. The van der Waals surface area contributed by atoms with Gasteiger partial charge in [-0.15, -0.1) is 0 Å². The van der Waals surface area contributed by atoms with E-state index in [9.17, 15) is 71.5 Å². The van der Waals surface area contributed by atoms with Gasteiger partial charge in [0.15, 0.2) is 37.2 Å². The maximum atomic E-state index is 11.3. The van der Waals surface area contributed by atoms with Crippen molar-refractivity contribution in [2.75, 3.05) is 33.5 Å². The molecule has 0 aromatic carbocycles. The molecule has 81 heavy (non-hydrogen) atoms. The number of hydrogen-bond donors (Lipinski definition) is 14. The number of aliphatic hydroxyl groups excluding tert-OH is 14. The van der Waals surface area contributed by atoms with Crippen molar-refractivity contribution in [1.29, 1.82) is 0 Å². The first-order valence-corrected chi connectivity index (χ1v) is 29.5. The number of hydrogen-bond acceptors (Lipinski definition) is 26. The van der Waals surface area contributed by atoms with E-state index < -0.39 is 180 Å². The lowest BCUT2D eigenvalue weighted by Gasteiger charge is -2.61. The van der Waals surface area contributed by atoms with E-state index >= 15 is 0 Å². The maximum Gasteiger partial charge on any atom is 0.187 e. The van der Waals surface area contributed by atoms with Gasteiger partial charge in [0, 0.05) is 19.4 Å². The van der Waals surface area contributed by atoms with Gasteiger partial charge in [-0.05, 0) is 112 Å². The minimum Gasteiger partial charge on any atom is -0.394 e. The number of rotatable bonds is 16. The molecule has 10 aliphatic rings. The molecule has 6 aliphatic heterocycles. The molecule has 0 unspecified atom stereocenters. The van der Waals surface area contributed by atoms with E-state index in [2.05, 4.69) is 20.8 Å². The van der Waals surface area contributed by atoms with Gasteiger partial charge in [-0.1, -0.05) is 20.8 Å². The summed E-state index contributed by atoms with van der Waals surface area (Å²) in [7, 11) is 1.69. The summed E-state index contributed by atoms with van der Waals surface area (Å²) >= 11 is 0. The molecule has 6 saturated heterocycles. The summed E-state index contributed by atoms with van der Waals surface area (Å²) in [5.74, 6) is 1.29. The molecule has 0 aromatic heterocycles. The summed E-state index contributed by atoms with van der Waals surface area (Å²) in [6, 6.07) is 0. The molecule has 0 radical (unpaired) electrons. The fourth-order valence-electron chi connectivity index (χ4n) is 16.6. The van der Waals surface area contributed by atoms with Gasteiger partial charge in [0.05, 0.1) is 50.8 Å². The van der Waals surface area contributed by atoms with Gasteiger partial charge in [-0.3, -0.25) is 0 Å². The first-order chi connectivity index (χ1) is 38.4. The smallest absolute Gasteiger partial charge is 0.187 e. The molecule has 468 valence electrons. The fourth-order valence-corrected chi connectivity index (χ4v) is 16.6. The maximum absolute atomic E-state index is 11.3. The lowest BCUT2D eigenvalue weighted by atomic mass is 9.44. The Hall–Kier alpha value is -1.04. The quantitative estimate of drug-likeness (QED) is 0.0669. The lowest BCUT2D eigenvalue weighted by molar-refractivity contribution is -0.372. The van der Waals surface area contributed by atoms with E-state index in [0.717, 1.165) is 44.9 Å². The largest absolute Gasteiger partial charge is 0.394 e. The van der Waals surface area contributed by atoms with Gasteiger partial charge in [-0.2, -0.15) is 0 Å². The van der Waals surface area contributed by atoms with Crippen LogP contribution >= 0.6 is 0 Å². The Morgan fingerprint density at radius 2 is 1.19 bits per heavy atom. The summed E-state index contributed by atoms with van der Waals surface area (Å²) < 4.78 is 71.9. The van der Waals surface area contributed by atoms with Crippen LogP contribution in [0.25, 0.3) is 0 Å². The van der Waals surface area contributed by atoms with E-state index in [-0.39, 0.29) is 34.9 Å². The fraction of sp³-hybridized carbons (Fsp3) is 1.00. The summed E-state index contributed by atoms with van der Waals surface area (Å²) in [6.45, 7) is 8.62. The van der Waals surface area contributed by atoms with E-state index in [4.69, 9.17) is 56.8 Å². The van der Waals surface area contributed by atoms with E-state index in [1.54, 1.807) is 7.11 Å². The number of ether oxygens (including phenoxy) is 12. The highest BCUT2D eigenvalue weighted by Gasteiger charge is 2.69. The van der Waals surface area contributed by atoms with Crippen LogP contribution in [0, 0.1) is 46.3 Å². The molecule has 26 heteroatoms. The highest BCUT2D eigenvalue weighted by Crippen LogP contribution is 2.71. The summed E-state index contributed by atoms with van der Waals surface area (Å²) in [5.41, 5.74) is 0.0701. The Morgan fingerprint density at radius 3 is 1.89 bits per heavy atom. The minimum atomic E-state index is -1.77. The molecule has 6 heterocycles. The molecule has 26 nitrogen and oxygen atoms in total. The van der Waals surface area contributed by atoms with E-state index in [1.807, 2.05) is 6.92 Å². The van der Waals surface area contributed by atoms with Crippen molar-refractivity contribution in [1.82, 2.24) is 0 Å².